The Morgan fingerprint density at radius 1 is 1.50 bits per heavy atom. The number of hydrogen-bond acceptors (Lipinski definition) is 3. The summed E-state index contributed by atoms with van der Waals surface area (Å²) in [6, 6.07) is 0. The predicted molar refractivity (Wildman–Crippen MR) is 33.0 cm³/mol. The van der Waals surface area contributed by atoms with Gasteiger partial charge < -0.3 is 5.11 Å². The molecule has 1 heterocycles. The number of aliphatic carboxylic acids is 1. The topological polar surface area (TPSA) is 74.7 Å². The van der Waals surface area contributed by atoms with E-state index in [9.17, 15) is 13.2 Å². The molecule has 0 bridgehead atoms. The maximum absolute atomic E-state index is 10.1. The Labute approximate surface area is 59.3 Å². The van der Waals surface area contributed by atoms with Gasteiger partial charge in [0.1, 0.15) is 0 Å². The van der Waals surface area contributed by atoms with Crippen molar-refractivity contribution in [1.82, 2.24) is 4.31 Å². The third-order valence-electron chi connectivity index (χ3n) is 1.44. The van der Waals surface area contributed by atoms with Crippen LogP contribution >= 0.6 is 0 Å². The van der Waals surface area contributed by atoms with Crippen molar-refractivity contribution in [1.29, 1.82) is 0 Å². The van der Waals surface area contributed by atoms with Gasteiger partial charge in [-0.3, -0.25) is 4.79 Å². The molecule has 1 aliphatic heterocycles. The number of carboxylic acid groups (broad SMARTS) is 1. The van der Waals surface area contributed by atoms with E-state index < -0.39 is 22.8 Å². The average molecular weight is 165 g/mol. The summed E-state index contributed by atoms with van der Waals surface area (Å²) in [5, 5.41) is 8.31. The van der Waals surface area contributed by atoms with Crippen LogP contribution in [0, 0.1) is 5.92 Å². The minimum absolute atomic E-state index is 0.133. The Morgan fingerprint density at radius 3 is 2.30 bits per heavy atom. The van der Waals surface area contributed by atoms with Crippen LogP contribution < -0.4 is 0 Å². The molecular formula is C4H7NO4S. The summed E-state index contributed by atoms with van der Waals surface area (Å²) in [4.78, 5) is 10.1. The molecule has 58 valence electrons. The van der Waals surface area contributed by atoms with Crippen molar-refractivity contribution < 1.29 is 18.3 Å². The maximum atomic E-state index is 10.1. The van der Waals surface area contributed by atoms with Crippen molar-refractivity contribution >= 4 is 16.9 Å². The second kappa shape index (κ2) is 2.55. The fraction of sp³-hybridized carbons (Fsp3) is 0.750. The summed E-state index contributed by atoms with van der Waals surface area (Å²) in [6.45, 7) is 0.266. The molecule has 1 rings (SSSR count). The molecule has 0 saturated carbocycles. The molecular weight excluding hydrogens is 158 g/mol. The van der Waals surface area contributed by atoms with E-state index >= 15 is 0 Å². The smallest absolute Gasteiger partial charge is 0.309 e. The van der Waals surface area contributed by atoms with Crippen molar-refractivity contribution in [3.05, 3.63) is 0 Å². The molecule has 5 nitrogen and oxygen atoms in total. The highest BCUT2D eigenvalue weighted by atomic mass is 32.2. The van der Waals surface area contributed by atoms with Gasteiger partial charge in [-0.15, -0.1) is 0 Å². The first kappa shape index (κ1) is 7.49. The zero-order valence-electron chi connectivity index (χ0n) is 5.06. The lowest BCUT2D eigenvalue weighted by Gasteiger charge is -2.30. The van der Waals surface area contributed by atoms with Gasteiger partial charge in [0, 0.05) is 13.1 Å². The Balaban J connectivity index is 2.38. The van der Waals surface area contributed by atoms with Crippen LogP contribution in [-0.2, 0) is 15.7 Å². The van der Waals surface area contributed by atoms with Crippen molar-refractivity contribution in [2.45, 2.75) is 0 Å². The van der Waals surface area contributed by atoms with Gasteiger partial charge in [0.15, 0.2) is 0 Å². The van der Waals surface area contributed by atoms with Gasteiger partial charge >= 0.3 is 5.97 Å². The molecule has 0 aliphatic carbocycles. The Bertz CT molecular complexity index is 209. The highest BCUT2D eigenvalue weighted by Crippen LogP contribution is 2.14. The molecule has 0 atom stereocenters. The van der Waals surface area contributed by atoms with E-state index in [1.807, 2.05) is 0 Å². The average Bonchev–Trinajstić information content (AvgIpc) is 1.56. The highest BCUT2D eigenvalue weighted by Gasteiger charge is 2.33. The van der Waals surface area contributed by atoms with Crippen LogP contribution in [0.3, 0.4) is 0 Å². The molecule has 0 radical (unpaired) electrons. The summed E-state index contributed by atoms with van der Waals surface area (Å²) in [5.74, 6) is -1.42. The molecule has 0 amide bonds. The monoisotopic (exact) mass is 165 g/mol. The Kier molecular flexibility index (Phi) is 1.91. The van der Waals surface area contributed by atoms with Gasteiger partial charge in [0.25, 0.3) is 0 Å². The Hall–Kier alpha value is -0.620. The largest absolute Gasteiger partial charge is 0.481 e. The second-order valence-corrected chi connectivity index (χ2v) is 3.19. The first-order chi connectivity index (χ1) is 4.61. The van der Waals surface area contributed by atoms with Gasteiger partial charge in [-0.2, -0.15) is 0 Å². The first-order valence-electron chi connectivity index (χ1n) is 2.73. The number of carboxylic acids is 1. The van der Waals surface area contributed by atoms with E-state index in [4.69, 9.17) is 5.11 Å². The lowest BCUT2D eigenvalue weighted by atomic mass is 10.0. The number of nitrogens with zero attached hydrogens (tertiary/aromatic N) is 1. The van der Waals surface area contributed by atoms with Crippen molar-refractivity contribution in [2.75, 3.05) is 13.1 Å². The Morgan fingerprint density at radius 2 is 2.00 bits per heavy atom. The van der Waals surface area contributed by atoms with E-state index in [1.54, 1.807) is 0 Å². The molecule has 1 N–H and O–H groups in total. The summed E-state index contributed by atoms with van der Waals surface area (Å²) in [5.41, 5.74) is 0. The summed E-state index contributed by atoms with van der Waals surface area (Å²) >= 11 is 0. The second-order valence-electron chi connectivity index (χ2n) is 2.14. The van der Waals surface area contributed by atoms with Gasteiger partial charge in [-0.25, -0.2) is 12.7 Å². The molecule has 0 aromatic heterocycles. The number of rotatable bonds is 2. The normalized spacial score (nSPS) is 20.9. The molecule has 0 unspecified atom stereocenters. The summed E-state index contributed by atoms with van der Waals surface area (Å²) < 4.78 is 21.3. The van der Waals surface area contributed by atoms with Gasteiger partial charge in [-0.05, 0) is 0 Å². The number of hydrogen-bond donors (Lipinski definition) is 2. The van der Waals surface area contributed by atoms with Crippen LogP contribution in [0.5, 0.6) is 0 Å². The van der Waals surface area contributed by atoms with Crippen molar-refractivity contribution in [2.24, 2.45) is 5.92 Å². The van der Waals surface area contributed by atoms with Crippen molar-refractivity contribution in [3.63, 3.8) is 0 Å². The SMILES string of the molecule is O=C(O)C1CN([SH](=O)=O)C1. The van der Waals surface area contributed by atoms with E-state index in [0.717, 1.165) is 4.31 Å². The van der Waals surface area contributed by atoms with Gasteiger partial charge in [0.05, 0.1) is 5.92 Å². The minimum Gasteiger partial charge on any atom is -0.481 e. The molecule has 0 aromatic rings. The molecule has 1 aliphatic rings. The molecule has 6 heteroatoms. The lowest BCUT2D eigenvalue weighted by molar-refractivity contribution is -0.145. The molecule has 1 fully saturated rings. The van der Waals surface area contributed by atoms with E-state index in [0.29, 0.717) is 0 Å². The predicted octanol–water partition coefficient (Wildman–Crippen LogP) is -1.47. The van der Waals surface area contributed by atoms with Gasteiger partial charge in [0.2, 0.25) is 10.9 Å². The zero-order valence-corrected chi connectivity index (χ0v) is 5.95. The van der Waals surface area contributed by atoms with Crippen LogP contribution in [0.25, 0.3) is 0 Å². The number of carbonyl (C=O) groups is 1. The molecule has 0 spiro atoms. The summed E-state index contributed by atoms with van der Waals surface area (Å²) in [7, 11) is -2.56. The quantitative estimate of drug-likeness (QED) is 0.490. The number of thiol groups is 1. The van der Waals surface area contributed by atoms with Crippen LogP contribution in [0.2, 0.25) is 0 Å². The van der Waals surface area contributed by atoms with Crippen LogP contribution in [0.4, 0.5) is 0 Å². The van der Waals surface area contributed by atoms with Gasteiger partial charge in [-0.1, -0.05) is 0 Å². The summed E-state index contributed by atoms with van der Waals surface area (Å²) in [6.07, 6.45) is 0. The van der Waals surface area contributed by atoms with E-state index in [-0.39, 0.29) is 13.1 Å². The fourth-order valence-electron chi connectivity index (χ4n) is 0.745. The lowest BCUT2D eigenvalue weighted by Crippen LogP contribution is -2.49. The van der Waals surface area contributed by atoms with E-state index in [1.165, 1.54) is 0 Å². The van der Waals surface area contributed by atoms with Crippen molar-refractivity contribution in [3.8, 4) is 0 Å². The van der Waals surface area contributed by atoms with Crippen LogP contribution in [0.1, 0.15) is 0 Å². The highest BCUT2D eigenvalue weighted by molar-refractivity contribution is 7.69. The standard InChI is InChI=1S/C4H7NO4S/c6-4(7)3-1-5(2-3)10(8)9/h3,10H,1-2H2,(H,6,7). The van der Waals surface area contributed by atoms with E-state index in [2.05, 4.69) is 0 Å². The first-order valence-corrected chi connectivity index (χ1v) is 3.86. The minimum atomic E-state index is -2.56. The van der Waals surface area contributed by atoms with Crippen LogP contribution in [0.15, 0.2) is 0 Å². The molecule has 10 heavy (non-hydrogen) atoms. The third-order valence-corrected chi connectivity index (χ3v) is 2.23. The van der Waals surface area contributed by atoms with Crippen LogP contribution in [-0.4, -0.2) is 36.9 Å². The molecule has 1 saturated heterocycles. The maximum Gasteiger partial charge on any atom is 0.309 e. The zero-order chi connectivity index (χ0) is 7.72. The molecule has 0 aromatic carbocycles. The third kappa shape index (κ3) is 1.27. The fourth-order valence-corrected chi connectivity index (χ4v) is 1.41.